The van der Waals surface area contributed by atoms with E-state index in [1.165, 1.54) is 56.0 Å². The van der Waals surface area contributed by atoms with Gasteiger partial charge >= 0.3 is 0 Å². The first-order valence-corrected chi connectivity index (χ1v) is 12.5. The third-order valence-electron chi connectivity index (χ3n) is 6.33. The number of fused-ring (bicyclic) bond motifs is 1. The Morgan fingerprint density at radius 1 is 0.975 bits per heavy atom. The number of rotatable bonds is 8. The Morgan fingerprint density at radius 2 is 1.75 bits per heavy atom. The molecule has 11 heteroatoms. The van der Waals surface area contributed by atoms with Crippen LogP contribution in [-0.2, 0) is 17.8 Å². The molecule has 3 aromatic heterocycles. The van der Waals surface area contributed by atoms with Crippen LogP contribution >= 0.6 is 11.6 Å². The SMILES string of the molecule is CC(=O)c1cc(-c2cccnc2C(Cc2cc(F)cc(F)c2)NC(=O)Cn2cnc3c(Cl)nccc32)ccc1F. The van der Waals surface area contributed by atoms with Gasteiger partial charge in [0.1, 0.15) is 29.5 Å². The Kier molecular flexibility index (Phi) is 7.61. The van der Waals surface area contributed by atoms with Gasteiger partial charge in [0.25, 0.3) is 0 Å². The number of pyridine rings is 2. The maximum absolute atomic E-state index is 14.3. The van der Waals surface area contributed by atoms with E-state index in [4.69, 9.17) is 11.6 Å². The van der Waals surface area contributed by atoms with Crippen molar-refractivity contribution in [1.29, 1.82) is 0 Å². The number of aromatic nitrogens is 4. The van der Waals surface area contributed by atoms with Crippen LogP contribution in [0.2, 0.25) is 5.15 Å². The number of halogens is 4. The van der Waals surface area contributed by atoms with E-state index in [0.29, 0.717) is 27.9 Å². The third kappa shape index (κ3) is 5.72. The Bertz CT molecular complexity index is 1740. The van der Waals surface area contributed by atoms with Gasteiger partial charge < -0.3 is 9.88 Å². The van der Waals surface area contributed by atoms with E-state index in [0.717, 1.165) is 6.07 Å². The van der Waals surface area contributed by atoms with E-state index in [1.54, 1.807) is 22.8 Å². The van der Waals surface area contributed by atoms with Crippen molar-refractivity contribution in [3.05, 3.63) is 113 Å². The summed E-state index contributed by atoms with van der Waals surface area (Å²) in [6.07, 6.45) is 4.46. The number of benzene rings is 2. The van der Waals surface area contributed by atoms with Crippen molar-refractivity contribution < 1.29 is 22.8 Å². The van der Waals surface area contributed by atoms with E-state index < -0.39 is 35.2 Å². The lowest BCUT2D eigenvalue weighted by atomic mass is 9.94. The van der Waals surface area contributed by atoms with Crippen molar-refractivity contribution in [2.24, 2.45) is 0 Å². The van der Waals surface area contributed by atoms with Crippen LogP contribution in [0.5, 0.6) is 0 Å². The Morgan fingerprint density at radius 3 is 2.50 bits per heavy atom. The number of Topliss-reactive ketones (excluding diaryl/α,β-unsaturated/α-hetero) is 1. The molecule has 202 valence electrons. The predicted molar refractivity (Wildman–Crippen MR) is 143 cm³/mol. The van der Waals surface area contributed by atoms with Crippen molar-refractivity contribution in [2.75, 3.05) is 0 Å². The number of hydrogen-bond donors (Lipinski definition) is 1. The minimum atomic E-state index is -0.851. The van der Waals surface area contributed by atoms with Crippen molar-refractivity contribution >= 4 is 34.3 Å². The number of nitrogens with zero attached hydrogens (tertiary/aromatic N) is 4. The van der Waals surface area contributed by atoms with Gasteiger partial charge in [-0.15, -0.1) is 0 Å². The fourth-order valence-corrected chi connectivity index (χ4v) is 4.76. The molecule has 3 heterocycles. The smallest absolute Gasteiger partial charge is 0.240 e. The van der Waals surface area contributed by atoms with Crippen LogP contribution in [0, 0.1) is 17.5 Å². The molecule has 1 N–H and O–H groups in total. The maximum atomic E-state index is 14.3. The first kappa shape index (κ1) is 27.0. The molecule has 0 fully saturated rings. The highest BCUT2D eigenvalue weighted by Crippen LogP contribution is 2.30. The zero-order valence-corrected chi connectivity index (χ0v) is 21.8. The molecule has 7 nitrogen and oxygen atoms in total. The second-order valence-electron chi connectivity index (χ2n) is 9.13. The van der Waals surface area contributed by atoms with Crippen LogP contribution in [0.1, 0.15) is 34.6 Å². The molecule has 0 saturated carbocycles. The highest BCUT2D eigenvalue weighted by molar-refractivity contribution is 6.33. The van der Waals surface area contributed by atoms with Crippen LogP contribution in [-0.4, -0.2) is 31.2 Å². The molecule has 0 radical (unpaired) electrons. The van der Waals surface area contributed by atoms with Gasteiger partial charge in [0.05, 0.1) is 29.1 Å². The Labute approximate surface area is 231 Å². The summed E-state index contributed by atoms with van der Waals surface area (Å²) in [6, 6.07) is 11.4. The fraction of sp³-hybridized carbons (Fsp3) is 0.138. The number of hydrogen-bond acceptors (Lipinski definition) is 5. The van der Waals surface area contributed by atoms with Gasteiger partial charge in [-0.3, -0.25) is 14.6 Å². The molecular weight excluding hydrogens is 543 g/mol. The van der Waals surface area contributed by atoms with Crippen LogP contribution in [0.4, 0.5) is 13.2 Å². The number of nitrogens with one attached hydrogen (secondary N) is 1. The minimum absolute atomic E-state index is 0.00832. The average Bonchev–Trinajstić information content (AvgIpc) is 3.31. The zero-order valence-electron chi connectivity index (χ0n) is 21.0. The van der Waals surface area contributed by atoms with Gasteiger partial charge in [-0.1, -0.05) is 23.7 Å². The molecule has 0 aliphatic heterocycles. The largest absolute Gasteiger partial charge is 0.346 e. The van der Waals surface area contributed by atoms with E-state index in [2.05, 4.69) is 20.3 Å². The topological polar surface area (TPSA) is 89.8 Å². The third-order valence-corrected chi connectivity index (χ3v) is 6.61. The Hall–Kier alpha value is -4.57. The summed E-state index contributed by atoms with van der Waals surface area (Å²) in [5.41, 5.74) is 2.59. The number of carbonyl (C=O) groups is 2. The van der Waals surface area contributed by atoms with Gasteiger partial charge in [-0.25, -0.2) is 23.1 Å². The summed E-state index contributed by atoms with van der Waals surface area (Å²) >= 11 is 6.10. The maximum Gasteiger partial charge on any atom is 0.240 e. The summed E-state index contributed by atoms with van der Waals surface area (Å²) in [5, 5.41) is 3.11. The number of amides is 1. The molecule has 1 amide bonds. The first-order valence-electron chi connectivity index (χ1n) is 12.1. The molecule has 5 aromatic rings. The molecule has 1 atom stereocenters. The number of ketones is 1. The van der Waals surface area contributed by atoms with Crippen molar-refractivity contribution in [3.8, 4) is 11.1 Å². The molecule has 0 aliphatic rings. The van der Waals surface area contributed by atoms with Crippen LogP contribution < -0.4 is 5.32 Å². The molecular formula is C29H21ClF3N5O2. The second kappa shape index (κ2) is 11.3. The molecule has 0 bridgehead atoms. The predicted octanol–water partition coefficient (Wildman–Crippen LogP) is 5.87. The summed E-state index contributed by atoms with van der Waals surface area (Å²) in [4.78, 5) is 38.0. The summed E-state index contributed by atoms with van der Waals surface area (Å²) in [7, 11) is 0. The van der Waals surface area contributed by atoms with Crippen molar-refractivity contribution in [3.63, 3.8) is 0 Å². The van der Waals surface area contributed by atoms with Crippen molar-refractivity contribution in [2.45, 2.75) is 25.9 Å². The molecule has 0 aliphatic carbocycles. The van der Waals surface area contributed by atoms with Crippen LogP contribution in [0.3, 0.4) is 0 Å². The van der Waals surface area contributed by atoms with Gasteiger partial charge in [0.15, 0.2) is 10.9 Å². The quantitative estimate of drug-likeness (QED) is 0.188. The lowest BCUT2D eigenvalue weighted by molar-refractivity contribution is -0.122. The summed E-state index contributed by atoms with van der Waals surface area (Å²) < 4.78 is 43.9. The zero-order chi connectivity index (χ0) is 28.4. The highest BCUT2D eigenvalue weighted by atomic mass is 35.5. The van der Waals surface area contributed by atoms with E-state index in [9.17, 15) is 22.8 Å². The first-order chi connectivity index (χ1) is 19.2. The highest BCUT2D eigenvalue weighted by Gasteiger charge is 2.23. The molecule has 5 rings (SSSR count). The monoisotopic (exact) mass is 563 g/mol. The lowest BCUT2D eigenvalue weighted by Gasteiger charge is -2.22. The van der Waals surface area contributed by atoms with Gasteiger partial charge in [0.2, 0.25) is 5.91 Å². The number of imidazole rings is 1. The molecule has 2 aromatic carbocycles. The lowest BCUT2D eigenvalue weighted by Crippen LogP contribution is -2.33. The van der Waals surface area contributed by atoms with Gasteiger partial charge in [-0.05, 0) is 60.9 Å². The molecule has 1 unspecified atom stereocenters. The molecule has 0 saturated heterocycles. The number of carbonyl (C=O) groups excluding carboxylic acids is 2. The van der Waals surface area contributed by atoms with Crippen LogP contribution in [0.15, 0.2) is 73.3 Å². The fourth-order valence-electron chi connectivity index (χ4n) is 4.56. The normalized spacial score (nSPS) is 11.9. The van der Waals surface area contributed by atoms with Gasteiger partial charge in [-0.2, -0.15) is 0 Å². The summed E-state index contributed by atoms with van der Waals surface area (Å²) in [6.45, 7) is 1.12. The van der Waals surface area contributed by atoms with E-state index >= 15 is 0 Å². The average molecular weight is 564 g/mol. The van der Waals surface area contributed by atoms with E-state index in [-0.39, 0.29) is 29.2 Å². The van der Waals surface area contributed by atoms with Gasteiger partial charge in [0, 0.05) is 24.0 Å². The molecule has 0 spiro atoms. The van der Waals surface area contributed by atoms with E-state index in [1.807, 2.05) is 0 Å². The Balaban J connectivity index is 1.53. The van der Waals surface area contributed by atoms with Crippen LogP contribution in [0.25, 0.3) is 22.2 Å². The summed E-state index contributed by atoms with van der Waals surface area (Å²) in [5.74, 6) is -3.07. The standard InChI is InChI=1S/C29H21ClF3N5O2/c1-16(39)22-12-18(4-5-23(22)33)21-3-2-7-34-27(21)24(11-17-9-19(31)13-20(32)10-17)37-26(40)14-38-15-36-28-25(38)6-8-35-29(28)30/h2-10,12-13,15,24H,11,14H2,1H3,(H,37,40). The van der Waals surface area contributed by atoms with Crippen molar-refractivity contribution in [1.82, 2.24) is 24.8 Å². The molecule has 40 heavy (non-hydrogen) atoms. The minimum Gasteiger partial charge on any atom is -0.346 e. The second-order valence-corrected chi connectivity index (χ2v) is 9.49.